The minimum Gasteiger partial charge on any atom is -0.366 e. The smallest absolute Gasteiger partial charge is 0.366 e. The zero-order valence-electron chi connectivity index (χ0n) is 15.7. The van der Waals surface area contributed by atoms with Gasteiger partial charge in [0, 0.05) is 23.5 Å². The van der Waals surface area contributed by atoms with Gasteiger partial charge in [-0.2, -0.15) is 18.2 Å². The summed E-state index contributed by atoms with van der Waals surface area (Å²) in [6.45, 7) is 0. The molecule has 0 aliphatic rings. The molecule has 0 bridgehead atoms. The van der Waals surface area contributed by atoms with Crippen molar-refractivity contribution in [1.82, 2.24) is 19.6 Å². The molecule has 0 saturated heterocycles. The van der Waals surface area contributed by atoms with Crippen LogP contribution < -0.4 is 10.5 Å². The molecule has 0 aliphatic carbocycles. The number of hydrogen-bond acceptors (Lipinski definition) is 6. The van der Waals surface area contributed by atoms with Crippen molar-refractivity contribution >= 4 is 27.3 Å². The normalized spacial score (nSPS) is 12.2. The van der Waals surface area contributed by atoms with Crippen LogP contribution in [0.3, 0.4) is 0 Å². The van der Waals surface area contributed by atoms with Crippen LogP contribution in [-0.2, 0) is 22.0 Å². The molecule has 31 heavy (non-hydrogen) atoms. The molecule has 0 atom stereocenters. The van der Waals surface area contributed by atoms with E-state index in [4.69, 9.17) is 5.73 Å². The number of rotatable bonds is 5. The van der Waals surface area contributed by atoms with E-state index in [0.29, 0.717) is 16.8 Å². The maximum Gasteiger partial charge on any atom is 0.416 e. The Morgan fingerprint density at radius 3 is 2.48 bits per heavy atom. The quantitative estimate of drug-likeness (QED) is 0.484. The molecule has 160 valence electrons. The third-order valence-electron chi connectivity index (χ3n) is 4.33. The van der Waals surface area contributed by atoms with E-state index in [9.17, 15) is 21.6 Å². The number of nitrogen functional groups attached to an aromatic ring is 1. The van der Waals surface area contributed by atoms with Gasteiger partial charge in [0.2, 0.25) is 16.0 Å². The Morgan fingerprint density at radius 2 is 1.77 bits per heavy atom. The largest absolute Gasteiger partial charge is 0.416 e. The number of alkyl halides is 3. The van der Waals surface area contributed by atoms with Crippen molar-refractivity contribution in [2.75, 3.05) is 10.5 Å². The van der Waals surface area contributed by atoms with E-state index in [-0.39, 0.29) is 17.2 Å². The van der Waals surface area contributed by atoms with E-state index in [1.807, 2.05) is 0 Å². The van der Waals surface area contributed by atoms with Crippen LogP contribution >= 0.6 is 0 Å². The lowest BCUT2D eigenvalue weighted by Gasteiger charge is -2.11. The SMILES string of the molecule is Nc1nc2ccc(-c3cncc(NS(=O)(=O)Cc4ccc(C(F)(F)F)cc4)c3)cn2n1. The average Bonchev–Trinajstić information content (AvgIpc) is 3.06. The number of sulfonamides is 1. The van der Waals surface area contributed by atoms with E-state index in [0.717, 1.165) is 24.3 Å². The van der Waals surface area contributed by atoms with E-state index in [2.05, 4.69) is 19.8 Å². The molecule has 0 saturated carbocycles. The number of hydrogen-bond donors (Lipinski definition) is 2. The molecule has 1 aromatic carbocycles. The highest BCUT2D eigenvalue weighted by molar-refractivity contribution is 7.91. The van der Waals surface area contributed by atoms with Crippen LogP contribution in [0.2, 0.25) is 0 Å². The third-order valence-corrected chi connectivity index (χ3v) is 5.59. The van der Waals surface area contributed by atoms with Crippen LogP contribution in [0, 0.1) is 0 Å². The van der Waals surface area contributed by atoms with Crippen LogP contribution in [0.15, 0.2) is 61.1 Å². The van der Waals surface area contributed by atoms with E-state index in [1.54, 1.807) is 30.6 Å². The van der Waals surface area contributed by atoms with Gasteiger partial charge in [-0.15, -0.1) is 5.10 Å². The molecule has 8 nitrogen and oxygen atoms in total. The van der Waals surface area contributed by atoms with Crippen molar-refractivity contribution in [1.29, 1.82) is 0 Å². The van der Waals surface area contributed by atoms with Gasteiger partial charge >= 0.3 is 6.18 Å². The fraction of sp³-hybridized carbons (Fsp3) is 0.105. The van der Waals surface area contributed by atoms with Crippen LogP contribution in [0.5, 0.6) is 0 Å². The number of nitrogens with two attached hydrogens (primary N) is 1. The van der Waals surface area contributed by atoms with Crippen LogP contribution in [-0.4, -0.2) is 28.0 Å². The van der Waals surface area contributed by atoms with Crippen LogP contribution in [0.4, 0.5) is 24.8 Å². The van der Waals surface area contributed by atoms with Gasteiger partial charge < -0.3 is 5.73 Å². The summed E-state index contributed by atoms with van der Waals surface area (Å²) in [4.78, 5) is 8.09. The Balaban J connectivity index is 1.53. The maximum absolute atomic E-state index is 12.7. The first kappa shape index (κ1) is 20.6. The van der Waals surface area contributed by atoms with Gasteiger partial charge in [0.15, 0.2) is 5.65 Å². The predicted octanol–water partition coefficient (Wildman–Crippen LogP) is 3.33. The zero-order chi connectivity index (χ0) is 22.2. The number of nitrogens with zero attached hydrogens (tertiary/aromatic N) is 4. The second-order valence-corrected chi connectivity index (χ2v) is 8.43. The molecular weight excluding hydrogens is 433 g/mol. The first-order valence-corrected chi connectivity index (χ1v) is 10.5. The van der Waals surface area contributed by atoms with Gasteiger partial charge in [-0.05, 0) is 35.9 Å². The molecule has 0 amide bonds. The Bertz CT molecular complexity index is 1350. The number of anilines is 2. The molecule has 4 aromatic rings. The molecule has 0 radical (unpaired) electrons. The Morgan fingerprint density at radius 1 is 1.03 bits per heavy atom. The number of aromatic nitrogens is 4. The first-order chi connectivity index (χ1) is 14.6. The minimum atomic E-state index is -4.48. The highest BCUT2D eigenvalue weighted by atomic mass is 32.2. The monoisotopic (exact) mass is 448 g/mol. The van der Waals surface area contributed by atoms with Crippen molar-refractivity contribution in [3.8, 4) is 11.1 Å². The van der Waals surface area contributed by atoms with Crippen molar-refractivity contribution in [2.24, 2.45) is 0 Å². The van der Waals surface area contributed by atoms with Gasteiger partial charge in [0.1, 0.15) is 0 Å². The maximum atomic E-state index is 12.7. The second-order valence-electron chi connectivity index (χ2n) is 6.71. The summed E-state index contributed by atoms with van der Waals surface area (Å²) in [7, 11) is -3.88. The van der Waals surface area contributed by atoms with E-state index in [1.165, 1.54) is 10.7 Å². The van der Waals surface area contributed by atoms with Gasteiger partial charge in [0.25, 0.3) is 0 Å². The highest BCUT2D eigenvalue weighted by Crippen LogP contribution is 2.29. The third kappa shape index (κ3) is 4.74. The summed E-state index contributed by atoms with van der Waals surface area (Å²) in [6.07, 6.45) is 0.0772. The molecule has 3 N–H and O–H groups in total. The molecule has 0 aliphatic heterocycles. The summed E-state index contributed by atoms with van der Waals surface area (Å²) in [5.74, 6) is -0.362. The summed E-state index contributed by atoms with van der Waals surface area (Å²) in [5, 5.41) is 4.03. The molecule has 0 unspecified atom stereocenters. The fourth-order valence-electron chi connectivity index (χ4n) is 2.95. The summed E-state index contributed by atoms with van der Waals surface area (Å²) in [6, 6.07) is 9.02. The van der Waals surface area contributed by atoms with E-state index < -0.39 is 27.5 Å². The summed E-state index contributed by atoms with van der Waals surface area (Å²) < 4.78 is 66.8. The standard InChI is InChI=1S/C19H15F3N6O2S/c20-19(21,22)15-4-1-12(2-5-15)11-31(29,30)27-16-7-14(8-24-9-16)13-3-6-17-25-18(23)26-28(17)10-13/h1-10,27H,11H2,(H2,23,26). The van der Waals surface area contributed by atoms with Gasteiger partial charge in [-0.25, -0.2) is 12.9 Å². The molecular formula is C19H15F3N6O2S. The average molecular weight is 448 g/mol. The number of fused-ring (bicyclic) bond motifs is 1. The topological polar surface area (TPSA) is 115 Å². The van der Waals surface area contributed by atoms with Crippen molar-refractivity contribution in [3.63, 3.8) is 0 Å². The molecule has 0 spiro atoms. The lowest BCUT2D eigenvalue weighted by molar-refractivity contribution is -0.137. The van der Waals surface area contributed by atoms with Crippen LogP contribution in [0.25, 0.3) is 16.8 Å². The Kier molecular flexibility index (Phi) is 5.01. The number of benzene rings is 1. The van der Waals surface area contributed by atoms with Gasteiger partial charge in [-0.3, -0.25) is 9.71 Å². The first-order valence-electron chi connectivity index (χ1n) is 8.83. The highest BCUT2D eigenvalue weighted by Gasteiger charge is 2.30. The van der Waals surface area contributed by atoms with Gasteiger partial charge in [0.05, 0.1) is 23.2 Å². The van der Waals surface area contributed by atoms with Crippen molar-refractivity contribution in [3.05, 3.63) is 72.2 Å². The lowest BCUT2D eigenvalue weighted by Crippen LogP contribution is -2.15. The summed E-state index contributed by atoms with van der Waals surface area (Å²) in [5.41, 5.74) is 7.04. The van der Waals surface area contributed by atoms with Crippen LogP contribution in [0.1, 0.15) is 11.1 Å². The van der Waals surface area contributed by atoms with Crippen molar-refractivity contribution < 1.29 is 21.6 Å². The number of halogens is 3. The molecule has 3 heterocycles. The summed E-state index contributed by atoms with van der Waals surface area (Å²) >= 11 is 0. The molecule has 12 heteroatoms. The van der Waals surface area contributed by atoms with Crippen molar-refractivity contribution in [2.45, 2.75) is 11.9 Å². The van der Waals surface area contributed by atoms with Gasteiger partial charge in [-0.1, -0.05) is 12.1 Å². The number of nitrogens with one attached hydrogen (secondary N) is 1. The number of pyridine rings is 2. The Hall–Kier alpha value is -3.67. The minimum absolute atomic E-state index is 0.125. The molecule has 0 fully saturated rings. The fourth-order valence-corrected chi connectivity index (χ4v) is 4.12. The molecule has 4 rings (SSSR count). The zero-order valence-corrected chi connectivity index (χ0v) is 16.5. The molecule has 3 aromatic heterocycles. The second kappa shape index (κ2) is 7.54. The Labute approximate surface area is 174 Å². The van der Waals surface area contributed by atoms with E-state index >= 15 is 0 Å². The lowest BCUT2D eigenvalue weighted by atomic mass is 10.1. The predicted molar refractivity (Wildman–Crippen MR) is 108 cm³/mol.